The quantitative estimate of drug-likeness (QED) is 0.506. The van der Waals surface area contributed by atoms with E-state index in [0.717, 1.165) is 6.42 Å². The molecule has 0 aliphatic rings. The second kappa shape index (κ2) is 10.3. The van der Waals surface area contributed by atoms with Crippen molar-refractivity contribution in [1.29, 1.82) is 0 Å². The van der Waals surface area contributed by atoms with E-state index in [1.165, 1.54) is 26.4 Å². The fraction of sp³-hybridized carbons (Fsp3) is 0.217. The third kappa shape index (κ3) is 5.31. The van der Waals surface area contributed by atoms with Crippen molar-refractivity contribution < 1.29 is 28.9 Å². The van der Waals surface area contributed by atoms with Gasteiger partial charge in [-0.2, -0.15) is 9.97 Å². The molecule has 0 unspecified atom stereocenters. The first-order valence-electron chi connectivity index (χ1n) is 9.86. The summed E-state index contributed by atoms with van der Waals surface area (Å²) in [6.45, 7) is 1.93. The first-order chi connectivity index (χ1) is 15.4. The third-order valence-electron chi connectivity index (χ3n) is 4.47. The van der Waals surface area contributed by atoms with E-state index in [9.17, 15) is 14.7 Å². The Labute approximate surface area is 185 Å². The highest BCUT2D eigenvalue weighted by Gasteiger charge is 2.20. The molecule has 166 valence electrons. The summed E-state index contributed by atoms with van der Waals surface area (Å²) in [4.78, 5) is 32.1. The largest absolute Gasteiger partial charge is 0.481 e. The normalized spacial score (nSPS) is 10.3. The summed E-state index contributed by atoms with van der Waals surface area (Å²) >= 11 is 0. The summed E-state index contributed by atoms with van der Waals surface area (Å²) < 4.78 is 15.9. The van der Waals surface area contributed by atoms with E-state index in [0.29, 0.717) is 23.2 Å². The Morgan fingerprint density at radius 3 is 2.22 bits per heavy atom. The van der Waals surface area contributed by atoms with E-state index in [4.69, 9.17) is 14.2 Å². The van der Waals surface area contributed by atoms with Crippen molar-refractivity contribution in [3.63, 3.8) is 0 Å². The molecular weight excluding hydrogens is 414 g/mol. The average molecular weight is 437 g/mol. The number of methoxy groups -OCH3 is 2. The van der Waals surface area contributed by atoms with Crippen molar-refractivity contribution >= 4 is 17.6 Å². The van der Waals surface area contributed by atoms with Crippen molar-refractivity contribution in [3.05, 3.63) is 54.1 Å². The lowest BCUT2D eigenvalue weighted by atomic mass is 9.98. The van der Waals surface area contributed by atoms with Crippen molar-refractivity contribution in [2.45, 2.75) is 19.8 Å². The maximum Gasteiger partial charge on any atom is 0.340 e. The van der Waals surface area contributed by atoms with Crippen LogP contribution in [0, 0.1) is 0 Å². The molecule has 9 nitrogen and oxygen atoms in total. The van der Waals surface area contributed by atoms with Gasteiger partial charge in [-0.25, -0.2) is 4.79 Å². The molecule has 1 aromatic heterocycles. The van der Waals surface area contributed by atoms with Crippen LogP contribution in [0.2, 0.25) is 0 Å². The van der Waals surface area contributed by atoms with Gasteiger partial charge in [-0.05, 0) is 35.7 Å². The second-order valence-electron chi connectivity index (χ2n) is 6.70. The third-order valence-corrected chi connectivity index (χ3v) is 4.47. The van der Waals surface area contributed by atoms with Crippen LogP contribution >= 0.6 is 0 Å². The van der Waals surface area contributed by atoms with Crippen molar-refractivity contribution in [3.8, 4) is 34.6 Å². The van der Waals surface area contributed by atoms with Crippen LogP contribution in [0.1, 0.15) is 30.1 Å². The van der Waals surface area contributed by atoms with Gasteiger partial charge in [-0.15, -0.1) is 0 Å². The molecule has 2 aromatic carbocycles. The average Bonchev–Trinajstić information content (AvgIpc) is 2.79. The minimum absolute atomic E-state index is 0.0549. The molecule has 1 heterocycles. The first kappa shape index (κ1) is 22.5. The molecule has 0 bridgehead atoms. The second-order valence-corrected chi connectivity index (χ2v) is 6.70. The van der Waals surface area contributed by atoms with Crippen molar-refractivity contribution in [2.75, 3.05) is 19.5 Å². The standard InChI is InChI=1S/C23H23N3O6/c1-4-6-18(27)24-15-11-9-14(10-12-15)16-7-5-8-17(21(16)22(28)29)32-23-25-19(30-2)13-20(26-23)31-3/h5,7-13H,4,6H2,1-3H3,(H,24,27)(H,28,29). The summed E-state index contributed by atoms with van der Waals surface area (Å²) in [5.74, 6) is -0.770. The lowest BCUT2D eigenvalue weighted by molar-refractivity contribution is -0.116. The molecule has 3 rings (SSSR count). The Kier molecular flexibility index (Phi) is 7.22. The SMILES string of the molecule is CCCC(=O)Nc1ccc(-c2cccc(Oc3nc(OC)cc(OC)n3)c2C(=O)O)cc1. The lowest BCUT2D eigenvalue weighted by Crippen LogP contribution is -2.10. The topological polar surface area (TPSA) is 120 Å². The molecule has 1 amide bonds. The highest BCUT2D eigenvalue weighted by molar-refractivity contribution is 5.99. The van der Waals surface area contributed by atoms with Gasteiger partial charge in [0.25, 0.3) is 0 Å². The zero-order chi connectivity index (χ0) is 23.1. The molecule has 2 N–H and O–H groups in total. The maximum absolute atomic E-state index is 12.1. The highest BCUT2D eigenvalue weighted by atomic mass is 16.5. The molecular formula is C23H23N3O6. The minimum Gasteiger partial charge on any atom is -0.481 e. The molecule has 0 radical (unpaired) electrons. The molecule has 0 spiro atoms. The Balaban J connectivity index is 1.95. The van der Waals surface area contributed by atoms with Gasteiger partial charge >= 0.3 is 12.0 Å². The van der Waals surface area contributed by atoms with Gasteiger partial charge < -0.3 is 24.6 Å². The number of ether oxygens (including phenoxy) is 3. The zero-order valence-electron chi connectivity index (χ0n) is 17.9. The number of benzene rings is 2. The van der Waals surface area contributed by atoms with Crippen LogP contribution in [0.5, 0.6) is 23.5 Å². The number of hydrogen-bond donors (Lipinski definition) is 2. The van der Waals surface area contributed by atoms with Crippen LogP contribution in [0.4, 0.5) is 5.69 Å². The molecule has 0 saturated carbocycles. The van der Waals surface area contributed by atoms with E-state index in [1.54, 1.807) is 36.4 Å². The maximum atomic E-state index is 12.1. The van der Waals surface area contributed by atoms with Gasteiger partial charge in [0.15, 0.2) is 0 Å². The smallest absolute Gasteiger partial charge is 0.340 e. The number of hydrogen-bond acceptors (Lipinski definition) is 7. The number of anilines is 1. The number of carbonyl (C=O) groups excluding carboxylic acids is 1. The first-order valence-corrected chi connectivity index (χ1v) is 9.86. The summed E-state index contributed by atoms with van der Waals surface area (Å²) in [6.07, 6.45) is 1.18. The zero-order valence-corrected chi connectivity index (χ0v) is 17.9. The Bertz CT molecular complexity index is 1090. The fourth-order valence-corrected chi connectivity index (χ4v) is 3.00. The van der Waals surface area contributed by atoms with Gasteiger partial charge in [-0.3, -0.25) is 4.79 Å². The summed E-state index contributed by atoms with van der Waals surface area (Å²) in [5, 5.41) is 12.7. The lowest BCUT2D eigenvalue weighted by Gasteiger charge is -2.13. The Hall–Kier alpha value is -4.14. The molecule has 9 heteroatoms. The number of nitrogens with zero attached hydrogens (tertiary/aromatic N) is 2. The van der Waals surface area contributed by atoms with E-state index < -0.39 is 5.97 Å². The Morgan fingerprint density at radius 1 is 1.00 bits per heavy atom. The fourth-order valence-electron chi connectivity index (χ4n) is 3.00. The highest BCUT2D eigenvalue weighted by Crippen LogP contribution is 2.34. The summed E-state index contributed by atoms with van der Waals surface area (Å²) in [7, 11) is 2.87. The van der Waals surface area contributed by atoms with Crippen LogP contribution in [-0.4, -0.2) is 41.2 Å². The molecule has 0 saturated heterocycles. The number of carboxylic acid groups (broad SMARTS) is 1. The number of amides is 1. The van der Waals surface area contributed by atoms with E-state index in [-0.39, 0.29) is 35.0 Å². The molecule has 0 atom stereocenters. The van der Waals surface area contributed by atoms with Crippen LogP contribution in [0.15, 0.2) is 48.5 Å². The van der Waals surface area contributed by atoms with E-state index in [2.05, 4.69) is 15.3 Å². The molecule has 0 aliphatic carbocycles. The monoisotopic (exact) mass is 437 g/mol. The number of rotatable bonds is 9. The van der Waals surface area contributed by atoms with Crippen molar-refractivity contribution in [2.24, 2.45) is 0 Å². The summed E-state index contributed by atoms with van der Waals surface area (Å²) in [5.41, 5.74) is 1.66. The van der Waals surface area contributed by atoms with E-state index in [1.807, 2.05) is 6.92 Å². The summed E-state index contributed by atoms with van der Waals surface area (Å²) in [6, 6.07) is 13.1. The van der Waals surface area contributed by atoms with Gasteiger partial charge in [0, 0.05) is 12.1 Å². The predicted octanol–water partition coefficient (Wildman–Crippen LogP) is 4.39. The van der Waals surface area contributed by atoms with Crippen LogP contribution in [0.3, 0.4) is 0 Å². The van der Waals surface area contributed by atoms with Gasteiger partial charge in [-0.1, -0.05) is 31.2 Å². The number of aromatic carboxylic acids is 1. The van der Waals surface area contributed by atoms with E-state index >= 15 is 0 Å². The molecule has 0 fully saturated rings. The number of nitrogens with one attached hydrogen (secondary N) is 1. The molecule has 0 aliphatic heterocycles. The van der Waals surface area contributed by atoms with Gasteiger partial charge in [0.05, 0.1) is 20.3 Å². The molecule has 32 heavy (non-hydrogen) atoms. The number of carboxylic acids is 1. The molecule has 3 aromatic rings. The van der Waals surface area contributed by atoms with Crippen LogP contribution in [-0.2, 0) is 4.79 Å². The number of aromatic nitrogens is 2. The van der Waals surface area contributed by atoms with Gasteiger partial charge in [0.1, 0.15) is 11.3 Å². The van der Waals surface area contributed by atoms with Gasteiger partial charge in [0.2, 0.25) is 17.7 Å². The van der Waals surface area contributed by atoms with Crippen LogP contribution in [0.25, 0.3) is 11.1 Å². The van der Waals surface area contributed by atoms with Crippen molar-refractivity contribution in [1.82, 2.24) is 9.97 Å². The predicted molar refractivity (Wildman–Crippen MR) is 118 cm³/mol. The van der Waals surface area contributed by atoms with Crippen LogP contribution < -0.4 is 19.5 Å². The number of carbonyl (C=O) groups is 2. The Morgan fingerprint density at radius 2 is 1.66 bits per heavy atom. The minimum atomic E-state index is -1.18.